The van der Waals surface area contributed by atoms with Crippen molar-refractivity contribution in [2.45, 2.75) is 46.1 Å². The van der Waals surface area contributed by atoms with Gasteiger partial charge in [-0.2, -0.15) is 0 Å². The normalized spacial score (nSPS) is 14.0. The minimum Gasteiger partial charge on any atom is -0.491 e. The lowest BCUT2D eigenvalue weighted by atomic mass is 10.1. The summed E-state index contributed by atoms with van der Waals surface area (Å²) < 4.78 is 20.0. The van der Waals surface area contributed by atoms with E-state index in [0.717, 1.165) is 19.3 Å². The van der Waals surface area contributed by atoms with Crippen LogP contribution in [0.5, 0.6) is 5.75 Å². The molecule has 0 aliphatic heterocycles. The van der Waals surface area contributed by atoms with E-state index in [9.17, 15) is 9.18 Å². The largest absolute Gasteiger partial charge is 0.491 e. The molecule has 1 aromatic rings. The number of nitrogens with one attached hydrogen (secondary N) is 1. The van der Waals surface area contributed by atoms with Crippen molar-refractivity contribution in [2.75, 3.05) is 6.61 Å². The monoisotopic (exact) mass is 358 g/mol. The summed E-state index contributed by atoms with van der Waals surface area (Å²) in [6.07, 6.45) is 8.82. The van der Waals surface area contributed by atoms with Crippen molar-refractivity contribution < 1.29 is 13.9 Å². The maximum absolute atomic E-state index is 14.5. The molecule has 0 spiro atoms. The summed E-state index contributed by atoms with van der Waals surface area (Å²) in [4.78, 5) is 12.5. The molecule has 0 radical (unpaired) electrons. The number of rotatable bonds is 8. The summed E-state index contributed by atoms with van der Waals surface area (Å²) in [7, 11) is 0. The van der Waals surface area contributed by atoms with Gasteiger partial charge in [0.15, 0.2) is 11.6 Å². The van der Waals surface area contributed by atoms with Crippen LogP contribution >= 0.6 is 0 Å². The lowest BCUT2D eigenvalue weighted by Gasteiger charge is -2.12. The van der Waals surface area contributed by atoms with Crippen LogP contribution in [0.1, 0.15) is 45.1 Å². The van der Waals surface area contributed by atoms with Gasteiger partial charge in [-0.05, 0) is 25.0 Å². The maximum atomic E-state index is 14.5. The first kappa shape index (κ1) is 19.8. The molecule has 5 heteroatoms. The first-order chi connectivity index (χ1) is 12.6. The molecule has 1 aromatic carbocycles. The second-order valence-electron chi connectivity index (χ2n) is 6.27. The standard InChI is InChI=1S/C21H27FN2O2/c1-3-5-12-26-19-11-7-9-16(20(19)22)14-24-21(25)17-10-6-8-15(4-2)13-18(17)23/h6-11H,3-5,12-14,23H2,1-2H3,(H,24,25). The molecular formula is C21H27FN2O2. The Morgan fingerprint density at radius 1 is 1.35 bits per heavy atom. The number of hydrogen-bond donors (Lipinski definition) is 2. The Morgan fingerprint density at radius 2 is 2.15 bits per heavy atom. The van der Waals surface area contributed by atoms with Crippen molar-refractivity contribution in [2.24, 2.45) is 5.73 Å². The highest BCUT2D eigenvalue weighted by Crippen LogP contribution is 2.22. The van der Waals surface area contributed by atoms with Crippen LogP contribution in [0.3, 0.4) is 0 Å². The lowest BCUT2D eigenvalue weighted by molar-refractivity contribution is -0.117. The Kier molecular flexibility index (Phi) is 7.45. The average Bonchev–Trinajstić information content (AvgIpc) is 2.83. The number of nitrogens with two attached hydrogens (primary N) is 1. The second-order valence-corrected chi connectivity index (χ2v) is 6.27. The summed E-state index contributed by atoms with van der Waals surface area (Å²) in [5, 5.41) is 2.75. The highest BCUT2D eigenvalue weighted by molar-refractivity contribution is 5.97. The molecule has 0 saturated carbocycles. The fourth-order valence-electron chi connectivity index (χ4n) is 2.65. The van der Waals surface area contributed by atoms with Gasteiger partial charge in [-0.15, -0.1) is 0 Å². The fourth-order valence-corrected chi connectivity index (χ4v) is 2.65. The first-order valence-electron chi connectivity index (χ1n) is 9.09. The molecule has 2 rings (SSSR count). The van der Waals surface area contributed by atoms with Gasteiger partial charge >= 0.3 is 0 Å². The predicted octanol–water partition coefficient (Wildman–Crippen LogP) is 4.13. The zero-order valence-electron chi connectivity index (χ0n) is 15.5. The molecule has 0 saturated heterocycles. The molecule has 4 nitrogen and oxygen atoms in total. The van der Waals surface area contributed by atoms with Crippen LogP contribution in [0.4, 0.5) is 4.39 Å². The molecule has 0 atom stereocenters. The van der Waals surface area contributed by atoms with E-state index in [0.29, 0.717) is 29.9 Å². The van der Waals surface area contributed by atoms with Gasteiger partial charge in [-0.25, -0.2) is 4.39 Å². The number of unbranched alkanes of at least 4 members (excludes halogenated alkanes) is 1. The molecule has 0 unspecified atom stereocenters. The van der Waals surface area contributed by atoms with Crippen LogP contribution in [-0.2, 0) is 11.3 Å². The number of halogens is 1. The van der Waals surface area contributed by atoms with Crippen LogP contribution in [0.2, 0.25) is 0 Å². The van der Waals surface area contributed by atoms with Gasteiger partial charge in [-0.1, -0.05) is 50.1 Å². The van der Waals surface area contributed by atoms with Gasteiger partial charge < -0.3 is 15.8 Å². The Labute approximate surface area is 154 Å². The van der Waals surface area contributed by atoms with Crippen molar-refractivity contribution in [3.8, 4) is 5.75 Å². The number of carbonyl (C=O) groups is 1. The van der Waals surface area contributed by atoms with Crippen molar-refractivity contribution in [3.05, 3.63) is 64.7 Å². The molecule has 26 heavy (non-hydrogen) atoms. The smallest absolute Gasteiger partial charge is 0.253 e. The summed E-state index contributed by atoms with van der Waals surface area (Å²) in [6, 6.07) is 4.96. The Bertz CT molecular complexity index is 736. The fraction of sp³-hybridized carbons (Fsp3) is 0.381. The van der Waals surface area contributed by atoms with Gasteiger partial charge in [0.05, 0.1) is 12.2 Å². The number of hydrogen-bond acceptors (Lipinski definition) is 3. The molecule has 0 heterocycles. The summed E-state index contributed by atoms with van der Waals surface area (Å²) in [5.74, 6) is -0.520. The highest BCUT2D eigenvalue weighted by Gasteiger charge is 2.15. The molecule has 0 bridgehead atoms. The zero-order valence-corrected chi connectivity index (χ0v) is 15.5. The van der Waals surface area contributed by atoms with E-state index >= 15 is 0 Å². The van der Waals surface area contributed by atoms with E-state index < -0.39 is 5.82 Å². The van der Waals surface area contributed by atoms with Crippen LogP contribution in [0.15, 0.2) is 53.3 Å². The Morgan fingerprint density at radius 3 is 2.88 bits per heavy atom. The van der Waals surface area contributed by atoms with Gasteiger partial charge in [0, 0.05) is 24.2 Å². The quantitative estimate of drug-likeness (QED) is 0.687. The van der Waals surface area contributed by atoms with Gasteiger partial charge in [-0.3, -0.25) is 4.79 Å². The van der Waals surface area contributed by atoms with E-state index in [2.05, 4.69) is 12.2 Å². The van der Waals surface area contributed by atoms with Gasteiger partial charge in [0.1, 0.15) is 0 Å². The molecule has 1 aliphatic carbocycles. The Balaban J connectivity index is 2.02. The van der Waals surface area contributed by atoms with Crippen molar-refractivity contribution in [1.82, 2.24) is 5.32 Å². The van der Waals surface area contributed by atoms with Crippen molar-refractivity contribution in [1.29, 1.82) is 0 Å². The van der Waals surface area contributed by atoms with Gasteiger partial charge in [0.2, 0.25) is 0 Å². The number of carbonyl (C=O) groups excluding carboxylic acids is 1. The van der Waals surface area contributed by atoms with Crippen molar-refractivity contribution in [3.63, 3.8) is 0 Å². The third-order valence-corrected chi connectivity index (χ3v) is 4.30. The topological polar surface area (TPSA) is 64.3 Å². The third-order valence-electron chi connectivity index (χ3n) is 4.30. The maximum Gasteiger partial charge on any atom is 0.253 e. The van der Waals surface area contributed by atoms with Crippen LogP contribution < -0.4 is 15.8 Å². The van der Waals surface area contributed by atoms with E-state index in [4.69, 9.17) is 10.5 Å². The lowest BCUT2D eigenvalue weighted by Crippen LogP contribution is -2.26. The minimum absolute atomic E-state index is 0.0777. The van der Waals surface area contributed by atoms with E-state index in [1.807, 2.05) is 19.1 Å². The first-order valence-corrected chi connectivity index (χ1v) is 9.09. The van der Waals surface area contributed by atoms with Crippen molar-refractivity contribution >= 4 is 5.91 Å². The average molecular weight is 358 g/mol. The molecular weight excluding hydrogens is 331 g/mol. The number of ether oxygens (including phenoxy) is 1. The van der Waals surface area contributed by atoms with Crippen LogP contribution in [0.25, 0.3) is 0 Å². The van der Waals surface area contributed by atoms with E-state index in [1.54, 1.807) is 24.3 Å². The summed E-state index contributed by atoms with van der Waals surface area (Å²) in [6.45, 7) is 4.65. The summed E-state index contributed by atoms with van der Waals surface area (Å²) >= 11 is 0. The summed E-state index contributed by atoms with van der Waals surface area (Å²) in [5.41, 5.74) is 8.59. The molecule has 1 amide bonds. The number of amides is 1. The molecule has 1 aliphatic rings. The van der Waals surface area contributed by atoms with E-state index in [1.165, 1.54) is 5.57 Å². The highest BCUT2D eigenvalue weighted by atomic mass is 19.1. The van der Waals surface area contributed by atoms with Crippen LogP contribution in [-0.4, -0.2) is 12.5 Å². The Hall–Kier alpha value is -2.56. The number of benzene rings is 1. The van der Waals surface area contributed by atoms with Crippen LogP contribution in [0, 0.1) is 5.82 Å². The minimum atomic E-state index is -0.433. The predicted molar refractivity (Wildman–Crippen MR) is 102 cm³/mol. The second kappa shape index (κ2) is 9.80. The molecule has 3 N–H and O–H groups in total. The molecule has 0 aromatic heterocycles. The zero-order chi connectivity index (χ0) is 18.9. The third kappa shape index (κ3) is 5.22. The SMILES string of the molecule is CCCCOc1cccc(CNC(=O)C2=C(N)CC(CC)=CC=C2)c1F. The number of allylic oxidation sites excluding steroid dienone is 3. The molecule has 0 fully saturated rings. The van der Waals surface area contributed by atoms with E-state index in [-0.39, 0.29) is 18.2 Å². The molecule has 140 valence electrons. The van der Waals surface area contributed by atoms with Gasteiger partial charge in [0.25, 0.3) is 5.91 Å².